The van der Waals surface area contributed by atoms with Gasteiger partial charge in [-0.05, 0) is 31.5 Å². The third-order valence-electron chi connectivity index (χ3n) is 3.53. The first-order valence-electron chi connectivity index (χ1n) is 7.19. The molecule has 0 amide bonds. The molecular weight excluding hydrogens is 234 g/mol. The van der Waals surface area contributed by atoms with E-state index in [1.165, 1.54) is 25.7 Å². The van der Waals surface area contributed by atoms with E-state index in [1.807, 2.05) is 18.2 Å². The van der Waals surface area contributed by atoms with Gasteiger partial charge in [0.15, 0.2) is 0 Å². The lowest BCUT2D eigenvalue weighted by atomic mass is 10.1. The zero-order chi connectivity index (χ0) is 13.7. The first-order valence-corrected chi connectivity index (χ1v) is 7.19. The van der Waals surface area contributed by atoms with Crippen molar-refractivity contribution in [2.75, 3.05) is 0 Å². The molecule has 0 fully saturated rings. The highest BCUT2D eigenvalue weighted by molar-refractivity contribution is 5.77. The van der Waals surface area contributed by atoms with Gasteiger partial charge >= 0.3 is 0 Å². The lowest BCUT2D eigenvalue weighted by Crippen LogP contribution is -2.01. The SMILES string of the molecule is CCCCCCc1nc2cc(C#N)ccc2n1CC. The lowest BCUT2D eigenvalue weighted by molar-refractivity contribution is 0.626. The molecule has 3 nitrogen and oxygen atoms in total. The topological polar surface area (TPSA) is 41.6 Å². The van der Waals surface area contributed by atoms with Crippen LogP contribution in [0.5, 0.6) is 0 Å². The Bertz CT molecular complexity index is 590. The normalized spacial score (nSPS) is 10.8. The van der Waals surface area contributed by atoms with Crippen LogP contribution in [0.15, 0.2) is 18.2 Å². The number of imidazole rings is 1. The third kappa shape index (κ3) is 2.96. The number of benzene rings is 1. The molecule has 0 bridgehead atoms. The largest absolute Gasteiger partial charge is 0.328 e. The summed E-state index contributed by atoms with van der Waals surface area (Å²) in [6.45, 7) is 5.31. The van der Waals surface area contributed by atoms with E-state index in [4.69, 9.17) is 10.2 Å². The number of nitrogens with zero attached hydrogens (tertiary/aromatic N) is 3. The summed E-state index contributed by atoms with van der Waals surface area (Å²) in [5, 5.41) is 8.95. The van der Waals surface area contributed by atoms with Gasteiger partial charge in [0.25, 0.3) is 0 Å². The molecule has 0 saturated carbocycles. The van der Waals surface area contributed by atoms with Gasteiger partial charge < -0.3 is 4.57 Å². The average Bonchev–Trinajstić information content (AvgIpc) is 2.79. The fraction of sp³-hybridized carbons (Fsp3) is 0.500. The van der Waals surface area contributed by atoms with Gasteiger partial charge in [0, 0.05) is 13.0 Å². The number of unbranched alkanes of at least 4 members (excludes halogenated alkanes) is 3. The maximum absolute atomic E-state index is 8.95. The quantitative estimate of drug-likeness (QED) is 0.731. The number of rotatable bonds is 6. The van der Waals surface area contributed by atoms with Crippen LogP contribution in [0.3, 0.4) is 0 Å². The van der Waals surface area contributed by atoms with Crippen LogP contribution >= 0.6 is 0 Å². The molecule has 2 aromatic rings. The van der Waals surface area contributed by atoms with Crippen LogP contribution in [0.2, 0.25) is 0 Å². The van der Waals surface area contributed by atoms with E-state index >= 15 is 0 Å². The van der Waals surface area contributed by atoms with E-state index in [-0.39, 0.29) is 0 Å². The Morgan fingerprint density at radius 1 is 1.21 bits per heavy atom. The van der Waals surface area contributed by atoms with Crippen LogP contribution < -0.4 is 0 Å². The average molecular weight is 255 g/mol. The summed E-state index contributed by atoms with van der Waals surface area (Å²) in [6, 6.07) is 7.95. The Balaban J connectivity index is 2.25. The van der Waals surface area contributed by atoms with Crippen molar-refractivity contribution in [3.8, 4) is 6.07 Å². The number of nitriles is 1. The molecule has 0 radical (unpaired) electrons. The van der Waals surface area contributed by atoms with Crippen molar-refractivity contribution in [1.29, 1.82) is 5.26 Å². The number of aryl methyl sites for hydroxylation is 2. The molecule has 3 heteroatoms. The molecular formula is C16H21N3. The summed E-state index contributed by atoms with van der Waals surface area (Å²) in [6.07, 6.45) is 6.06. The Hall–Kier alpha value is -1.82. The van der Waals surface area contributed by atoms with Gasteiger partial charge in [0.1, 0.15) is 5.82 Å². The summed E-state index contributed by atoms with van der Waals surface area (Å²) >= 11 is 0. The van der Waals surface area contributed by atoms with Crippen LogP contribution in [-0.4, -0.2) is 9.55 Å². The highest BCUT2D eigenvalue weighted by atomic mass is 15.1. The number of aromatic nitrogens is 2. The van der Waals surface area contributed by atoms with Gasteiger partial charge in [0.05, 0.1) is 22.7 Å². The molecule has 100 valence electrons. The van der Waals surface area contributed by atoms with Crippen molar-refractivity contribution < 1.29 is 0 Å². The van der Waals surface area contributed by atoms with Crippen molar-refractivity contribution in [1.82, 2.24) is 9.55 Å². The van der Waals surface area contributed by atoms with Crippen molar-refractivity contribution in [2.45, 2.75) is 52.5 Å². The van der Waals surface area contributed by atoms with Gasteiger partial charge in [-0.15, -0.1) is 0 Å². The van der Waals surface area contributed by atoms with E-state index in [0.717, 1.165) is 29.8 Å². The van der Waals surface area contributed by atoms with Crippen LogP contribution in [0.25, 0.3) is 11.0 Å². The first-order chi connectivity index (χ1) is 9.30. The zero-order valence-corrected chi connectivity index (χ0v) is 11.8. The summed E-state index contributed by atoms with van der Waals surface area (Å²) < 4.78 is 2.27. The molecule has 2 rings (SSSR count). The fourth-order valence-corrected chi connectivity index (χ4v) is 2.50. The predicted octanol–water partition coefficient (Wildman–Crippen LogP) is 4.05. The number of fused-ring (bicyclic) bond motifs is 1. The molecule has 0 spiro atoms. The molecule has 1 aromatic heterocycles. The maximum Gasteiger partial charge on any atom is 0.109 e. The molecule has 1 heterocycles. The summed E-state index contributed by atoms with van der Waals surface area (Å²) in [7, 11) is 0. The van der Waals surface area contributed by atoms with E-state index in [9.17, 15) is 0 Å². The second-order valence-corrected chi connectivity index (χ2v) is 4.90. The minimum absolute atomic E-state index is 0.686. The molecule has 1 aromatic carbocycles. The molecule has 19 heavy (non-hydrogen) atoms. The monoisotopic (exact) mass is 255 g/mol. The molecule has 0 atom stereocenters. The first kappa shape index (κ1) is 13.6. The molecule has 0 aliphatic rings. The zero-order valence-electron chi connectivity index (χ0n) is 11.8. The van der Waals surface area contributed by atoms with E-state index < -0.39 is 0 Å². The third-order valence-corrected chi connectivity index (χ3v) is 3.53. The second kappa shape index (κ2) is 6.38. The van der Waals surface area contributed by atoms with E-state index in [2.05, 4.69) is 24.5 Å². The van der Waals surface area contributed by atoms with Crippen LogP contribution in [0.4, 0.5) is 0 Å². The highest BCUT2D eigenvalue weighted by Gasteiger charge is 2.09. The Kier molecular flexibility index (Phi) is 4.57. The molecule has 0 aliphatic heterocycles. The predicted molar refractivity (Wildman–Crippen MR) is 78.0 cm³/mol. The Morgan fingerprint density at radius 2 is 2.05 bits per heavy atom. The lowest BCUT2D eigenvalue weighted by Gasteiger charge is -2.05. The minimum atomic E-state index is 0.686. The summed E-state index contributed by atoms with van der Waals surface area (Å²) in [5.74, 6) is 1.16. The Morgan fingerprint density at radius 3 is 2.74 bits per heavy atom. The van der Waals surface area contributed by atoms with Crippen LogP contribution in [-0.2, 0) is 13.0 Å². The Labute approximate surface area is 114 Å². The van der Waals surface area contributed by atoms with Gasteiger partial charge in [-0.1, -0.05) is 26.2 Å². The van der Waals surface area contributed by atoms with Gasteiger partial charge in [-0.2, -0.15) is 5.26 Å². The molecule has 0 N–H and O–H groups in total. The second-order valence-electron chi connectivity index (χ2n) is 4.90. The summed E-state index contributed by atoms with van der Waals surface area (Å²) in [4.78, 5) is 4.70. The molecule has 0 saturated heterocycles. The molecule has 0 unspecified atom stereocenters. The van der Waals surface area contributed by atoms with Crippen molar-refractivity contribution >= 4 is 11.0 Å². The van der Waals surface area contributed by atoms with Gasteiger partial charge in [-0.3, -0.25) is 0 Å². The molecule has 0 aliphatic carbocycles. The van der Waals surface area contributed by atoms with E-state index in [0.29, 0.717) is 5.56 Å². The van der Waals surface area contributed by atoms with Gasteiger partial charge in [0.2, 0.25) is 0 Å². The number of hydrogen-bond donors (Lipinski definition) is 0. The smallest absolute Gasteiger partial charge is 0.109 e. The van der Waals surface area contributed by atoms with Crippen LogP contribution in [0, 0.1) is 11.3 Å². The fourth-order valence-electron chi connectivity index (χ4n) is 2.50. The highest BCUT2D eigenvalue weighted by Crippen LogP contribution is 2.19. The van der Waals surface area contributed by atoms with Crippen molar-refractivity contribution in [3.05, 3.63) is 29.6 Å². The van der Waals surface area contributed by atoms with Gasteiger partial charge in [-0.25, -0.2) is 4.98 Å². The summed E-state index contributed by atoms with van der Waals surface area (Å²) in [5.41, 5.74) is 2.78. The van der Waals surface area contributed by atoms with Crippen molar-refractivity contribution in [2.24, 2.45) is 0 Å². The van der Waals surface area contributed by atoms with Crippen molar-refractivity contribution in [3.63, 3.8) is 0 Å². The minimum Gasteiger partial charge on any atom is -0.328 e. The van der Waals surface area contributed by atoms with E-state index in [1.54, 1.807) is 0 Å². The number of hydrogen-bond acceptors (Lipinski definition) is 2. The maximum atomic E-state index is 8.95. The van der Waals surface area contributed by atoms with Crippen LogP contribution in [0.1, 0.15) is 50.9 Å². The standard InChI is InChI=1S/C16H21N3/c1-3-5-6-7-8-16-18-14-11-13(12-17)9-10-15(14)19(16)4-2/h9-11H,3-8H2,1-2H3.